The highest BCUT2D eigenvalue weighted by atomic mass is 19.1. The Hall–Kier alpha value is -2.22. The van der Waals surface area contributed by atoms with Gasteiger partial charge in [0.1, 0.15) is 5.82 Å². The van der Waals surface area contributed by atoms with Gasteiger partial charge in [0.2, 0.25) is 0 Å². The molecule has 0 atom stereocenters. The summed E-state index contributed by atoms with van der Waals surface area (Å²) in [4.78, 5) is 11.8. The summed E-state index contributed by atoms with van der Waals surface area (Å²) >= 11 is 0. The van der Waals surface area contributed by atoms with E-state index in [4.69, 9.17) is 0 Å². The number of aryl methyl sites for hydroxylation is 1. The van der Waals surface area contributed by atoms with Gasteiger partial charge in [-0.15, -0.1) is 0 Å². The summed E-state index contributed by atoms with van der Waals surface area (Å²) in [5, 5.41) is 0. The molecule has 0 aromatic heterocycles. The maximum Gasteiger partial charge on any atom is 0.185 e. The van der Waals surface area contributed by atoms with Crippen LogP contribution in [0.2, 0.25) is 0 Å². The molecule has 2 rings (SSSR count). The Kier molecular flexibility index (Phi) is 4.24. The van der Waals surface area contributed by atoms with Crippen molar-refractivity contribution in [2.75, 3.05) is 0 Å². The van der Waals surface area contributed by atoms with E-state index in [1.807, 2.05) is 24.3 Å². The highest BCUT2D eigenvalue weighted by Gasteiger charge is 2.01. The summed E-state index contributed by atoms with van der Waals surface area (Å²) in [6.07, 6.45) is 4.28. The number of carbonyl (C=O) groups excluding carboxylic acids is 1. The lowest BCUT2D eigenvalue weighted by Gasteiger charge is -1.98. The molecule has 96 valence electrons. The Morgan fingerprint density at radius 2 is 1.68 bits per heavy atom. The Labute approximate surface area is 112 Å². The molecule has 0 saturated heterocycles. The van der Waals surface area contributed by atoms with Crippen molar-refractivity contribution >= 4 is 11.9 Å². The lowest BCUT2D eigenvalue weighted by molar-refractivity contribution is 0.104. The fraction of sp³-hybridized carbons (Fsp3) is 0.118. The summed E-state index contributed by atoms with van der Waals surface area (Å²) in [6, 6.07) is 13.6. The number of benzene rings is 2. The van der Waals surface area contributed by atoms with Crippen LogP contribution in [0.25, 0.3) is 6.08 Å². The molecule has 2 heteroatoms. The number of carbonyl (C=O) groups is 1. The molecule has 0 aliphatic rings. The maximum absolute atomic E-state index is 12.7. The smallest absolute Gasteiger partial charge is 0.185 e. The molecule has 2 aromatic rings. The standard InChI is InChI=1S/C17H15FO/c1-2-13-3-5-14(6-4-13)7-12-17(19)15-8-10-16(18)11-9-15/h3-12H,2H2,1H3/b12-7-. The third kappa shape index (κ3) is 3.62. The molecular weight excluding hydrogens is 239 g/mol. The summed E-state index contributed by atoms with van der Waals surface area (Å²) in [7, 11) is 0. The van der Waals surface area contributed by atoms with Crippen LogP contribution >= 0.6 is 0 Å². The van der Waals surface area contributed by atoms with Gasteiger partial charge in [-0.1, -0.05) is 37.3 Å². The third-order valence-electron chi connectivity index (χ3n) is 2.94. The molecule has 0 heterocycles. The Morgan fingerprint density at radius 1 is 1.05 bits per heavy atom. The van der Waals surface area contributed by atoms with E-state index < -0.39 is 0 Å². The normalized spacial score (nSPS) is 10.8. The number of ketones is 1. The summed E-state index contributed by atoms with van der Waals surface area (Å²) < 4.78 is 12.7. The predicted octanol–water partition coefficient (Wildman–Crippen LogP) is 4.28. The van der Waals surface area contributed by atoms with Gasteiger partial charge in [0.15, 0.2) is 5.78 Å². The lowest BCUT2D eigenvalue weighted by Crippen LogP contribution is -1.93. The van der Waals surface area contributed by atoms with Crippen molar-refractivity contribution in [3.63, 3.8) is 0 Å². The zero-order chi connectivity index (χ0) is 13.7. The van der Waals surface area contributed by atoms with Crippen LogP contribution in [-0.4, -0.2) is 5.78 Å². The molecule has 0 amide bonds. The molecule has 2 aromatic carbocycles. The molecule has 0 aliphatic heterocycles. The van der Waals surface area contributed by atoms with Crippen LogP contribution in [0.3, 0.4) is 0 Å². The van der Waals surface area contributed by atoms with Crippen LogP contribution < -0.4 is 0 Å². The molecular formula is C17H15FO. The van der Waals surface area contributed by atoms with Gasteiger partial charge in [0.05, 0.1) is 0 Å². The van der Waals surface area contributed by atoms with Crippen molar-refractivity contribution in [3.05, 3.63) is 77.1 Å². The van der Waals surface area contributed by atoms with Crippen molar-refractivity contribution in [2.24, 2.45) is 0 Å². The molecule has 19 heavy (non-hydrogen) atoms. The number of hydrogen-bond acceptors (Lipinski definition) is 1. The van der Waals surface area contributed by atoms with E-state index >= 15 is 0 Å². The Morgan fingerprint density at radius 3 is 2.26 bits per heavy atom. The predicted molar refractivity (Wildman–Crippen MR) is 75.6 cm³/mol. The minimum atomic E-state index is -0.337. The monoisotopic (exact) mass is 254 g/mol. The molecule has 1 nitrogen and oxygen atoms in total. The van der Waals surface area contributed by atoms with Gasteiger partial charge in [-0.2, -0.15) is 0 Å². The van der Waals surface area contributed by atoms with Crippen molar-refractivity contribution in [1.82, 2.24) is 0 Å². The first-order chi connectivity index (χ1) is 9.19. The fourth-order valence-electron chi connectivity index (χ4n) is 1.75. The second-order valence-corrected chi connectivity index (χ2v) is 4.30. The van der Waals surface area contributed by atoms with Gasteiger partial charge >= 0.3 is 0 Å². The van der Waals surface area contributed by atoms with Gasteiger partial charge in [-0.3, -0.25) is 4.79 Å². The summed E-state index contributed by atoms with van der Waals surface area (Å²) in [6.45, 7) is 2.10. The average Bonchev–Trinajstić information content (AvgIpc) is 2.46. The maximum atomic E-state index is 12.7. The number of rotatable bonds is 4. The fourth-order valence-corrected chi connectivity index (χ4v) is 1.75. The molecule has 0 saturated carbocycles. The second kappa shape index (κ2) is 6.10. The van der Waals surface area contributed by atoms with Crippen molar-refractivity contribution in [2.45, 2.75) is 13.3 Å². The first-order valence-corrected chi connectivity index (χ1v) is 6.26. The van der Waals surface area contributed by atoms with Gasteiger partial charge in [0.25, 0.3) is 0 Å². The van der Waals surface area contributed by atoms with E-state index in [0.717, 1.165) is 12.0 Å². The molecule has 0 fully saturated rings. The summed E-state index contributed by atoms with van der Waals surface area (Å²) in [5.41, 5.74) is 2.73. The highest BCUT2D eigenvalue weighted by Crippen LogP contribution is 2.09. The largest absolute Gasteiger partial charge is 0.289 e. The van der Waals surface area contributed by atoms with Crippen LogP contribution in [0.4, 0.5) is 4.39 Å². The topological polar surface area (TPSA) is 17.1 Å². The first-order valence-electron chi connectivity index (χ1n) is 6.26. The van der Waals surface area contributed by atoms with Crippen molar-refractivity contribution in [3.8, 4) is 0 Å². The molecule has 0 unspecified atom stereocenters. The number of allylic oxidation sites excluding steroid dienone is 1. The molecule has 0 bridgehead atoms. The van der Waals surface area contributed by atoms with E-state index in [1.165, 1.54) is 35.9 Å². The van der Waals surface area contributed by atoms with Gasteiger partial charge in [-0.05, 0) is 47.9 Å². The Balaban J connectivity index is 2.08. The third-order valence-corrected chi connectivity index (χ3v) is 2.94. The van der Waals surface area contributed by atoms with E-state index in [1.54, 1.807) is 6.08 Å². The minimum absolute atomic E-state index is 0.125. The first kappa shape index (κ1) is 13.2. The molecule has 0 aliphatic carbocycles. The van der Waals surface area contributed by atoms with Crippen molar-refractivity contribution in [1.29, 1.82) is 0 Å². The SMILES string of the molecule is CCc1ccc(/C=C\C(=O)c2ccc(F)cc2)cc1. The lowest BCUT2D eigenvalue weighted by atomic mass is 10.1. The number of hydrogen-bond donors (Lipinski definition) is 0. The molecule has 0 spiro atoms. The zero-order valence-corrected chi connectivity index (χ0v) is 10.8. The van der Waals surface area contributed by atoms with E-state index in [2.05, 4.69) is 6.92 Å². The van der Waals surface area contributed by atoms with Gasteiger partial charge in [-0.25, -0.2) is 4.39 Å². The van der Waals surface area contributed by atoms with Crippen molar-refractivity contribution < 1.29 is 9.18 Å². The molecule has 0 radical (unpaired) electrons. The zero-order valence-electron chi connectivity index (χ0n) is 10.8. The van der Waals surface area contributed by atoms with Crippen LogP contribution in [0.15, 0.2) is 54.6 Å². The highest BCUT2D eigenvalue weighted by molar-refractivity contribution is 6.06. The van der Waals surface area contributed by atoms with Crippen LogP contribution in [0.1, 0.15) is 28.4 Å². The van der Waals surface area contributed by atoms with E-state index in [-0.39, 0.29) is 11.6 Å². The second-order valence-electron chi connectivity index (χ2n) is 4.30. The van der Waals surface area contributed by atoms with E-state index in [0.29, 0.717) is 5.56 Å². The van der Waals surface area contributed by atoms with Crippen LogP contribution in [-0.2, 0) is 6.42 Å². The quantitative estimate of drug-likeness (QED) is 0.587. The Bertz CT molecular complexity index is 580. The van der Waals surface area contributed by atoms with E-state index in [9.17, 15) is 9.18 Å². The van der Waals surface area contributed by atoms with Crippen LogP contribution in [0.5, 0.6) is 0 Å². The molecule has 0 N–H and O–H groups in total. The number of halogens is 1. The summed E-state index contributed by atoms with van der Waals surface area (Å²) in [5.74, 6) is -0.463. The average molecular weight is 254 g/mol. The van der Waals surface area contributed by atoms with Gasteiger partial charge in [0, 0.05) is 5.56 Å². The minimum Gasteiger partial charge on any atom is -0.289 e. The van der Waals surface area contributed by atoms with Crippen LogP contribution in [0, 0.1) is 5.82 Å². The van der Waals surface area contributed by atoms with Gasteiger partial charge < -0.3 is 0 Å².